The molecule has 1 aliphatic heterocycles. The van der Waals surface area contributed by atoms with Crippen molar-refractivity contribution in [3.8, 4) is 6.07 Å². The van der Waals surface area contributed by atoms with Crippen LogP contribution in [0.15, 0.2) is 16.9 Å². The van der Waals surface area contributed by atoms with Crippen molar-refractivity contribution in [2.24, 2.45) is 0 Å². The van der Waals surface area contributed by atoms with Crippen molar-refractivity contribution in [2.75, 3.05) is 6.54 Å². The quantitative estimate of drug-likeness (QED) is 0.929. The van der Waals surface area contributed by atoms with Gasteiger partial charge in [0.05, 0.1) is 22.9 Å². The Hall–Kier alpha value is -2.59. The summed E-state index contributed by atoms with van der Waals surface area (Å²) in [6.07, 6.45) is 0.554. The van der Waals surface area contributed by atoms with E-state index in [9.17, 15) is 13.6 Å². The third-order valence-electron chi connectivity index (χ3n) is 4.36. The fraction of sp³-hybridized carbons (Fsp3) is 0.389. The number of nitriles is 1. The van der Waals surface area contributed by atoms with Crippen molar-refractivity contribution < 1.29 is 8.78 Å². The van der Waals surface area contributed by atoms with Crippen LogP contribution in [0.25, 0.3) is 0 Å². The summed E-state index contributed by atoms with van der Waals surface area (Å²) in [6, 6.07) is 3.78. The van der Waals surface area contributed by atoms with Crippen molar-refractivity contribution in [2.45, 2.75) is 39.3 Å². The molecule has 0 fully saturated rings. The Labute approximate surface area is 143 Å². The summed E-state index contributed by atoms with van der Waals surface area (Å²) < 4.78 is 28.1. The van der Waals surface area contributed by atoms with Gasteiger partial charge in [0.15, 0.2) is 0 Å². The van der Waals surface area contributed by atoms with E-state index in [0.29, 0.717) is 24.4 Å². The molecule has 0 bridgehead atoms. The zero-order chi connectivity index (χ0) is 18.1. The first-order valence-corrected chi connectivity index (χ1v) is 8.11. The molecule has 130 valence electrons. The van der Waals surface area contributed by atoms with E-state index >= 15 is 0 Å². The zero-order valence-corrected chi connectivity index (χ0v) is 14.1. The standard InChI is InChI=1S/C18H18F2N4O/c1-10(2)17-22-16-3-4-24(9-13(16)18(25)23-17)8-12-14(19)5-11(7-21)6-15(12)20/h5-6,10H,3-4,8-9H2,1-2H3,(H,22,23,25). The van der Waals surface area contributed by atoms with E-state index < -0.39 is 11.6 Å². The highest BCUT2D eigenvalue weighted by Gasteiger charge is 2.23. The van der Waals surface area contributed by atoms with Gasteiger partial charge in [-0.3, -0.25) is 9.69 Å². The van der Waals surface area contributed by atoms with Crippen molar-refractivity contribution >= 4 is 0 Å². The highest BCUT2D eigenvalue weighted by molar-refractivity contribution is 5.34. The minimum absolute atomic E-state index is 0.0359. The maximum atomic E-state index is 14.1. The molecule has 0 aliphatic carbocycles. The van der Waals surface area contributed by atoms with Crippen LogP contribution >= 0.6 is 0 Å². The van der Waals surface area contributed by atoms with Gasteiger partial charge in [0.1, 0.15) is 17.5 Å². The van der Waals surface area contributed by atoms with E-state index in [4.69, 9.17) is 5.26 Å². The second-order valence-electron chi connectivity index (χ2n) is 6.52. The summed E-state index contributed by atoms with van der Waals surface area (Å²) in [6.45, 7) is 4.79. The molecule has 1 aromatic heterocycles. The van der Waals surface area contributed by atoms with Crippen LogP contribution in [0.4, 0.5) is 8.78 Å². The highest BCUT2D eigenvalue weighted by atomic mass is 19.1. The third-order valence-corrected chi connectivity index (χ3v) is 4.36. The van der Waals surface area contributed by atoms with E-state index in [1.54, 1.807) is 6.07 Å². The fourth-order valence-electron chi connectivity index (χ4n) is 2.95. The largest absolute Gasteiger partial charge is 0.310 e. The van der Waals surface area contributed by atoms with E-state index in [-0.39, 0.29) is 35.7 Å². The molecule has 1 aliphatic rings. The molecular weight excluding hydrogens is 326 g/mol. The van der Waals surface area contributed by atoms with Gasteiger partial charge < -0.3 is 4.98 Å². The average Bonchev–Trinajstić information content (AvgIpc) is 2.58. The minimum atomic E-state index is -0.746. The normalized spacial score (nSPS) is 14.4. The van der Waals surface area contributed by atoms with Crippen LogP contribution < -0.4 is 5.56 Å². The molecule has 2 aromatic rings. The molecule has 0 saturated carbocycles. The molecule has 0 atom stereocenters. The van der Waals surface area contributed by atoms with Crippen LogP contribution in [0.5, 0.6) is 0 Å². The molecule has 1 aromatic carbocycles. The number of H-pyrrole nitrogens is 1. The zero-order valence-electron chi connectivity index (χ0n) is 14.1. The molecule has 0 spiro atoms. The van der Waals surface area contributed by atoms with Gasteiger partial charge in [0.25, 0.3) is 5.56 Å². The molecule has 0 amide bonds. The van der Waals surface area contributed by atoms with Crippen molar-refractivity contribution in [1.82, 2.24) is 14.9 Å². The summed E-state index contributed by atoms with van der Waals surface area (Å²) in [5.74, 6) is -0.715. The Bertz CT molecular complexity index is 891. The lowest BCUT2D eigenvalue weighted by atomic mass is 10.0. The number of aromatic amines is 1. The lowest BCUT2D eigenvalue weighted by Gasteiger charge is -2.28. The van der Waals surface area contributed by atoms with E-state index in [2.05, 4.69) is 9.97 Å². The second kappa shape index (κ2) is 6.73. The van der Waals surface area contributed by atoms with Crippen molar-refractivity contribution in [3.63, 3.8) is 0 Å². The number of rotatable bonds is 3. The molecule has 0 saturated heterocycles. The number of benzene rings is 1. The fourth-order valence-corrected chi connectivity index (χ4v) is 2.95. The average molecular weight is 344 g/mol. The Morgan fingerprint density at radius 1 is 1.36 bits per heavy atom. The van der Waals surface area contributed by atoms with Crippen LogP contribution in [0, 0.1) is 23.0 Å². The summed E-state index contributed by atoms with van der Waals surface area (Å²) in [7, 11) is 0. The number of hydrogen-bond acceptors (Lipinski definition) is 4. The molecule has 0 unspecified atom stereocenters. The van der Waals surface area contributed by atoms with Crippen LogP contribution in [-0.2, 0) is 19.5 Å². The van der Waals surface area contributed by atoms with Gasteiger partial charge in [-0.15, -0.1) is 0 Å². The lowest BCUT2D eigenvalue weighted by Crippen LogP contribution is -2.36. The summed E-state index contributed by atoms with van der Waals surface area (Å²) in [5.41, 5.74) is 0.962. The molecule has 3 rings (SSSR count). The number of halogens is 2. The van der Waals surface area contributed by atoms with Crippen molar-refractivity contribution in [3.05, 3.63) is 62.3 Å². The van der Waals surface area contributed by atoms with Gasteiger partial charge in [-0.25, -0.2) is 13.8 Å². The van der Waals surface area contributed by atoms with Gasteiger partial charge in [0, 0.05) is 37.5 Å². The Kier molecular flexibility index (Phi) is 4.64. The monoisotopic (exact) mass is 344 g/mol. The second-order valence-corrected chi connectivity index (χ2v) is 6.52. The molecular formula is C18H18F2N4O. The molecule has 1 N–H and O–H groups in total. The van der Waals surface area contributed by atoms with Gasteiger partial charge in [-0.2, -0.15) is 5.26 Å². The Balaban J connectivity index is 1.85. The number of hydrogen-bond donors (Lipinski definition) is 1. The summed E-state index contributed by atoms with van der Waals surface area (Å²) in [4.78, 5) is 21.4. The maximum Gasteiger partial charge on any atom is 0.255 e. The van der Waals surface area contributed by atoms with Crippen LogP contribution in [0.3, 0.4) is 0 Å². The van der Waals surface area contributed by atoms with Crippen LogP contribution in [0.2, 0.25) is 0 Å². The first-order chi connectivity index (χ1) is 11.9. The maximum absolute atomic E-state index is 14.1. The Morgan fingerprint density at radius 2 is 2.04 bits per heavy atom. The van der Waals surface area contributed by atoms with Gasteiger partial charge in [-0.05, 0) is 12.1 Å². The van der Waals surface area contributed by atoms with Gasteiger partial charge >= 0.3 is 0 Å². The molecule has 7 heteroatoms. The minimum Gasteiger partial charge on any atom is -0.310 e. The first kappa shape index (κ1) is 17.2. The molecule has 5 nitrogen and oxygen atoms in total. The smallest absolute Gasteiger partial charge is 0.255 e. The van der Waals surface area contributed by atoms with Gasteiger partial charge in [-0.1, -0.05) is 13.8 Å². The number of nitrogens with one attached hydrogen (secondary N) is 1. The molecule has 2 heterocycles. The van der Waals surface area contributed by atoms with E-state index in [0.717, 1.165) is 17.8 Å². The summed E-state index contributed by atoms with van der Waals surface area (Å²) >= 11 is 0. The SMILES string of the molecule is CC(C)c1nc2c(c(=O)[nH]1)CN(Cc1c(F)cc(C#N)cc1F)CC2. The van der Waals surface area contributed by atoms with E-state index in [1.807, 2.05) is 18.7 Å². The predicted molar refractivity (Wildman–Crippen MR) is 87.8 cm³/mol. The Morgan fingerprint density at radius 3 is 2.64 bits per heavy atom. The third kappa shape index (κ3) is 3.44. The highest BCUT2D eigenvalue weighted by Crippen LogP contribution is 2.21. The van der Waals surface area contributed by atoms with Gasteiger partial charge in [0.2, 0.25) is 0 Å². The topological polar surface area (TPSA) is 72.8 Å². The van der Waals surface area contributed by atoms with Crippen molar-refractivity contribution in [1.29, 1.82) is 5.26 Å². The number of fused-ring (bicyclic) bond motifs is 1. The van der Waals surface area contributed by atoms with Crippen LogP contribution in [-0.4, -0.2) is 21.4 Å². The van der Waals surface area contributed by atoms with Crippen LogP contribution in [0.1, 0.15) is 48.0 Å². The molecule has 0 radical (unpaired) electrons. The lowest BCUT2D eigenvalue weighted by molar-refractivity contribution is 0.234. The number of nitrogens with zero attached hydrogens (tertiary/aromatic N) is 3. The molecule has 25 heavy (non-hydrogen) atoms. The first-order valence-electron chi connectivity index (χ1n) is 8.11. The summed E-state index contributed by atoms with van der Waals surface area (Å²) in [5, 5.41) is 8.76. The number of aromatic nitrogens is 2. The van der Waals surface area contributed by atoms with E-state index in [1.165, 1.54) is 0 Å². The predicted octanol–water partition coefficient (Wildman–Crippen LogP) is 2.60.